The van der Waals surface area contributed by atoms with Gasteiger partial charge in [-0.2, -0.15) is 0 Å². The quantitative estimate of drug-likeness (QED) is 0.682. The molecule has 0 spiro atoms. The standard InChI is InChI=1S/C13H17N3O/c1-7-2-9(3-7)15-12-6-11-8(4-10(12)14)5-13(17)16-11/h4,6-7,9,15H,2-3,5,14H2,1H3,(H,16,17). The normalized spacial score (nSPS) is 26.1. The second-order valence-corrected chi connectivity index (χ2v) is 5.24. The molecule has 1 heterocycles. The van der Waals surface area contributed by atoms with Gasteiger partial charge in [0.25, 0.3) is 0 Å². The molecule has 0 radical (unpaired) electrons. The Kier molecular flexibility index (Phi) is 2.24. The zero-order chi connectivity index (χ0) is 12.0. The highest BCUT2D eigenvalue weighted by Gasteiger charge is 2.26. The van der Waals surface area contributed by atoms with Gasteiger partial charge < -0.3 is 16.4 Å². The molecule has 0 saturated heterocycles. The maximum Gasteiger partial charge on any atom is 0.228 e. The van der Waals surface area contributed by atoms with E-state index < -0.39 is 0 Å². The Morgan fingerprint density at radius 3 is 2.88 bits per heavy atom. The van der Waals surface area contributed by atoms with E-state index in [4.69, 9.17) is 5.73 Å². The van der Waals surface area contributed by atoms with Crippen LogP contribution in [0.3, 0.4) is 0 Å². The fraction of sp³-hybridized carbons (Fsp3) is 0.462. The van der Waals surface area contributed by atoms with Crippen LogP contribution >= 0.6 is 0 Å². The Labute approximate surface area is 101 Å². The minimum Gasteiger partial charge on any atom is -0.397 e. The smallest absolute Gasteiger partial charge is 0.228 e. The molecule has 3 rings (SSSR count). The van der Waals surface area contributed by atoms with Crippen molar-refractivity contribution in [2.24, 2.45) is 5.92 Å². The second kappa shape index (κ2) is 3.65. The van der Waals surface area contributed by atoms with Crippen molar-refractivity contribution >= 4 is 23.0 Å². The van der Waals surface area contributed by atoms with E-state index in [1.54, 1.807) is 0 Å². The van der Waals surface area contributed by atoms with Gasteiger partial charge >= 0.3 is 0 Å². The van der Waals surface area contributed by atoms with Crippen LogP contribution in [-0.4, -0.2) is 11.9 Å². The van der Waals surface area contributed by atoms with Crippen molar-refractivity contribution in [3.8, 4) is 0 Å². The lowest BCUT2D eigenvalue weighted by molar-refractivity contribution is -0.115. The zero-order valence-corrected chi connectivity index (χ0v) is 9.92. The van der Waals surface area contributed by atoms with Crippen molar-refractivity contribution in [2.75, 3.05) is 16.4 Å². The first-order valence-electron chi connectivity index (χ1n) is 6.10. The molecule has 1 amide bonds. The number of nitrogens with two attached hydrogens (primary N) is 1. The third-order valence-electron chi connectivity index (χ3n) is 3.63. The van der Waals surface area contributed by atoms with Crippen LogP contribution in [0, 0.1) is 5.92 Å². The molecule has 90 valence electrons. The van der Waals surface area contributed by atoms with Crippen LogP contribution in [0.25, 0.3) is 0 Å². The molecule has 1 saturated carbocycles. The summed E-state index contributed by atoms with van der Waals surface area (Å²) < 4.78 is 0. The summed E-state index contributed by atoms with van der Waals surface area (Å²) in [6, 6.07) is 4.39. The topological polar surface area (TPSA) is 67.1 Å². The molecule has 1 fully saturated rings. The van der Waals surface area contributed by atoms with E-state index in [9.17, 15) is 4.79 Å². The lowest BCUT2D eigenvalue weighted by Gasteiger charge is -2.34. The summed E-state index contributed by atoms with van der Waals surface area (Å²) >= 11 is 0. The lowest BCUT2D eigenvalue weighted by atomic mass is 9.82. The predicted octanol–water partition coefficient (Wildman–Crippen LogP) is 1.97. The van der Waals surface area contributed by atoms with Crippen molar-refractivity contribution in [3.05, 3.63) is 17.7 Å². The second-order valence-electron chi connectivity index (χ2n) is 5.24. The van der Waals surface area contributed by atoms with Gasteiger partial charge in [-0.05, 0) is 36.5 Å². The van der Waals surface area contributed by atoms with Gasteiger partial charge in [-0.25, -0.2) is 0 Å². The van der Waals surface area contributed by atoms with Crippen LogP contribution in [0.15, 0.2) is 12.1 Å². The number of carbonyl (C=O) groups is 1. The van der Waals surface area contributed by atoms with Crippen LogP contribution in [0.4, 0.5) is 17.1 Å². The number of hydrogen-bond acceptors (Lipinski definition) is 3. The van der Waals surface area contributed by atoms with E-state index in [-0.39, 0.29) is 5.91 Å². The van der Waals surface area contributed by atoms with Gasteiger partial charge in [-0.3, -0.25) is 4.79 Å². The maximum absolute atomic E-state index is 11.3. The molecule has 2 aliphatic rings. The SMILES string of the molecule is CC1CC(Nc2cc3c(cc2N)CC(=O)N3)C1. The number of nitrogens with one attached hydrogen (secondary N) is 2. The van der Waals surface area contributed by atoms with Crippen LogP contribution < -0.4 is 16.4 Å². The number of rotatable bonds is 2. The molecule has 4 nitrogen and oxygen atoms in total. The Morgan fingerprint density at radius 2 is 2.18 bits per heavy atom. The third kappa shape index (κ3) is 1.84. The van der Waals surface area contributed by atoms with E-state index in [0.29, 0.717) is 12.5 Å². The van der Waals surface area contributed by atoms with Gasteiger partial charge in [-0.1, -0.05) is 6.92 Å². The highest BCUT2D eigenvalue weighted by molar-refractivity contribution is 6.00. The van der Waals surface area contributed by atoms with E-state index in [1.165, 1.54) is 12.8 Å². The van der Waals surface area contributed by atoms with Crippen molar-refractivity contribution < 1.29 is 4.79 Å². The van der Waals surface area contributed by atoms with Gasteiger partial charge in [0.1, 0.15) is 0 Å². The number of benzene rings is 1. The van der Waals surface area contributed by atoms with E-state index in [1.807, 2.05) is 12.1 Å². The van der Waals surface area contributed by atoms with E-state index in [2.05, 4.69) is 17.6 Å². The molecule has 4 N–H and O–H groups in total. The van der Waals surface area contributed by atoms with E-state index >= 15 is 0 Å². The maximum atomic E-state index is 11.3. The van der Waals surface area contributed by atoms with Crippen LogP contribution in [-0.2, 0) is 11.2 Å². The third-order valence-corrected chi connectivity index (χ3v) is 3.63. The Morgan fingerprint density at radius 1 is 1.41 bits per heavy atom. The average molecular weight is 231 g/mol. The van der Waals surface area contributed by atoms with Crippen molar-refractivity contribution in [3.63, 3.8) is 0 Å². The summed E-state index contributed by atoms with van der Waals surface area (Å²) in [5.74, 6) is 0.858. The monoisotopic (exact) mass is 231 g/mol. The van der Waals surface area contributed by atoms with Crippen molar-refractivity contribution in [1.29, 1.82) is 0 Å². The molecular formula is C13H17N3O. The molecule has 0 aromatic heterocycles. The minimum atomic E-state index is 0.0498. The summed E-state index contributed by atoms with van der Waals surface area (Å²) in [6.45, 7) is 2.25. The minimum absolute atomic E-state index is 0.0498. The molecule has 17 heavy (non-hydrogen) atoms. The molecule has 0 unspecified atom stereocenters. The molecule has 4 heteroatoms. The lowest BCUT2D eigenvalue weighted by Crippen LogP contribution is -2.34. The van der Waals surface area contributed by atoms with Gasteiger partial charge in [-0.15, -0.1) is 0 Å². The first-order chi connectivity index (χ1) is 8.11. The highest BCUT2D eigenvalue weighted by atomic mass is 16.1. The Bertz CT molecular complexity index is 478. The zero-order valence-electron chi connectivity index (χ0n) is 9.92. The highest BCUT2D eigenvalue weighted by Crippen LogP contribution is 2.35. The number of hydrogen-bond donors (Lipinski definition) is 3. The van der Waals surface area contributed by atoms with Crippen LogP contribution in [0.5, 0.6) is 0 Å². The predicted molar refractivity (Wildman–Crippen MR) is 69.0 cm³/mol. The number of carbonyl (C=O) groups excluding carboxylic acids is 1. The first kappa shape index (κ1) is 10.4. The molecule has 0 atom stereocenters. The summed E-state index contributed by atoms with van der Waals surface area (Å²) in [5, 5.41) is 6.29. The largest absolute Gasteiger partial charge is 0.397 e. The Balaban J connectivity index is 1.81. The molecule has 1 aromatic rings. The van der Waals surface area contributed by atoms with Gasteiger partial charge in [0.05, 0.1) is 17.8 Å². The number of amides is 1. The molecule has 1 aliphatic carbocycles. The molecular weight excluding hydrogens is 214 g/mol. The van der Waals surface area contributed by atoms with Gasteiger partial charge in [0.15, 0.2) is 0 Å². The summed E-state index contributed by atoms with van der Waals surface area (Å²) in [7, 11) is 0. The molecule has 1 aliphatic heterocycles. The summed E-state index contributed by atoms with van der Waals surface area (Å²) in [4.78, 5) is 11.3. The van der Waals surface area contributed by atoms with Crippen LogP contribution in [0.1, 0.15) is 25.3 Å². The summed E-state index contributed by atoms with van der Waals surface area (Å²) in [6.07, 6.45) is 2.84. The number of fused-ring (bicyclic) bond motifs is 1. The van der Waals surface area contributed by atoms with Gasteiger partial charge in [0, 0.05) is 11.7 Å². The average Bonchev–Trinajstić information content (AvgIpc) is 2.55. The summed E-state index contributed by atoms with van der Waals surface area (Å²) in [5.41, 5.74) is 9.58. The Hall–Kier alpha value is -1.71. The molecule has 0 bridgehead atoms. The van der Waals surface area contributed by atoms with Gasteiger partial charge in [0.2, 0.25) is 5.91 Å². The molecule has 1 aromatic carbocycles. The number of anilines is 3. The first-order valence-corrected chi connectivity index (χ1v) is 6.10. The van der Waals surface area contributed by atoms with Crippen LogP contribution in [0.2, 0.25) is 0 Å². The number of nitrogen functional groups attached to an aromatic ring is 1. The fourth-order valence-electron chi connectivity index (χ4n) is 2.66. The van der Waals surface area contributed by atoms with E-state index in [0.717, 1.165) is 28.5 Å². The van der Waals surface area contributed by atoms with Crippen molar-refractivity contribution in [2.45, 2.75) is 32.2 Å². The van der Waals surface area contributed by atoms with Crippen molar-refractivity contribution in [1.82, 2.24) is 0 Å². The fourth-order valence-corrected chi connectivity index (χ4v) is 2.66.